The standard InChI is InChI=1S/C11H17N5O5S/c1-3-22(20,21)15-6-4-14(5-7-15)11(17)10-9(16(18)19)8-12-13(10)2/h8H,3-7H2,1-2H3. The van der Waals surface area contributed by atoms with Gasteiger partial charge in [0.05, 0.1) is 10.7 Å². The average Bonchev–Trinajstić information content (AvgIpc) is 2.88. The fraction of sp³-hybridized carbons (Fsp3) is 0.636. The zero-order valence-electron chi connectivity index (χ0n) is 12.3. The van der Waals surface area contributed by atoms with Gasteiger partial charge in [-0.3, -0.25) is 19.6 Å². The summed E-state index contributed by atoms with van der Waals surface area (Å²) < 4.78 is 26.0. The second-order valence-electron chi connectivity index (χ2n) is 4.85. The van der Waals surface area contributed by atoms with Gasteiger partial charge in [-0.05, 0) is 6.92 Å². The van der Waals surface area contributed by atoms with Crippen LogP contribution in [-0.2, 0) is 17.1 Å². The third-order valence-corrected chi connectivity index (χ3v) is 5.48. The number of hydrogen-bond donors (Lipinski definition) is 0. The van der Waals surface area contributed by atoms with E-state index in [0.29, 0.717) is 0 Å². The molecule has 0 spiro atoms. The van der Waals surface area contributed by atoms with Crippen molar-refractivity contribution in [3.63, 3.8) is 0 Å². The number of sulfonamides is 1. The van der Waals surface area contributed by atoms with Crippen molar-refractivity contribution in [1.82, 2.24) is 19.0 Å². The highest BCUT2D eigenvalue weighted by molar-refractivity contribution is 7.89. The van der Waals surface area contributed by atoms with Crippen LogP contribution in [0.3, 0.4) is 0 Å². The van der Waals surface area contributed by atoms with Gasteiger partial charge in [0.15, 0.2) is 0 Å². The molecule has 1 aromatic rings. The molecule has 1 amide bonds. The molecule has 0 radical (unpaired) electrons. The van der Waals surface area contributed by atoms with Gasteiger partial charge in [0.1, 0.15) is 6.20 Å². The monoisotopic (exact) mass is 331 g/mol. The molecule has 0 N–H and O–H groups in total. The molecule has 22 heavy (non-hydrogen) atoms. The summed E-state index contributed by atoms with van der Waals surface area (Å²) in [5, 5.41) is 14.7. The van der Waals surface area contributed by atoms with Gasteiger partial charge in [-0.1, -0.05) is 0 Å². The number of aryl methyl sites for hydroxylation is 1. The lowest BCUT2D eigenvalue weighted by atomic mass is 10.3. The van der Waals surface area contributed by atoms with Crippen molar-refractivity contribution in [3.8, 4) is 0 Å². The summed E-state index contributed by atoms with van der Waals surface area (Å²) in [7, 11) is -1.83. The number of carbonyl (C=O) groups is 1. The van der Waals surface area contributed by atoms with Crippen LogP contribution in [0.1, 0.15) is 17.4 Å². The number of carbonyl (C=O) groups excluding carboxylic acids is 1. The third kappa shape index (κ3) is 2.95. The van der Waals surface area contributed by atoms with Crippen LogP contribution in [0, 0.1) is 10.1 Å². The van der Waals surface area contributed by atoms with Crippen LogP contribution >= 0.6 is 0 Å². The van der Waals surface area contributed by atoms with Gasteiger partial charge in [-0.2, -0.15) is 9.40 Å². The molecule has 2 rings (SSSR count). The maximum Gasteiger partial charge on any atom is 0.320 e. The number of nitrogens with zero attached hydrogens (tertiary/aromatic N) is 5. The Morgan fingerprint density at radius 2 is 1.95 bits per heavy atom. The van der Waals surface area contributed by atoms with Crippen LogP contribution in [0.2, 0.25) is 0 Å². The smallest absolute Gasteiger partial charge is 0.320 e. The van der Waals surface area contributed by atoms with Crippen LogP contribution in [-0.4, -0.2) is 70.2 Å². The van der Waals surface area contributed by atoms with Gasteiger partial charge in [-0.15, -0.1) is 0 Å². The van der Waals surface area contributed by atoms with Crippen LogP contribution in [0.25, 0.3) is 0 Å². The number of nitro groups is 1. The first-order chi connectivity index (χ1) is 10.3. The SMILES string of the molecule is CCS(=O)(=O)N1CCN(C(=O)c2c([N+](=O)[O-])cnn2C)CC1. The lowest BCUT2D eigenvalue weighted by Gasteiger charge is -2.33. The van der Waals surface area contributed by atoms with Crippen LogP contribution in [0.15, 0.2) is 6.20 Å². The highest BCUT2D eigenvalue weighted by Gasteiger charge is 2.33. The molecular weight excluding hydrogens is 314 g/mol. The van der Waals surface area contributed by atoms with Crippen molar-refractivity contribution >= 4 is 21.6 Å². The van der Waals surface area contributed by atoms with E-state index in [0.717, 1.165) is 10.9 Å². The Bertz CT molecular complexity index is 690. The molecule has 0 aromatic carbocycles. The van der Waals surface area contributed by atoms with Crippen molar-refractivity contribution in [2.24, 2.45) is 7.05 Å². The van der Waals surface area contributed by atoms with Crippen LogP contribution in [0.4, 0.5) is 5.69 Å². The van der Waals surface area contributed by atoms with Gasteiger partial charge in [0.2, 0.25) is 15.7 Å². The topological polar surface area (TPSA) is 119 Å². The summed E-state index contributed by atoms with van der Waals surface area (Å²) in [5.41, 5.74) is -0.451. The minimum Gasteiger partial charge on any atom is -0.334 e. The van der Waals surface area contributed by atoms with E-state index in [1.54, 1.807) is 6.92 Å². The van der Waals surface area contributed by atoms with Crippen molar-refractivity contribution in [3.05, 3.63) is 22.0 Å². The first kappa shape index (κ1) is 16.4. The molecule has 0 atom stereocenters. The molecule has 1 aliphatic rings. The molecular formula is C11H17N5O5S. The Balaban J connectivity index is 2.14. The fourth-order valence-electron chi connectivity index (χ4n) is 2.31. The van der Waals surface area contributed by atoms with E-state index in [1.807, 2.05) is 0 Å². The number of amides is 1. The lowest BCUT2D eigenvalue weighted by molar-refractivity contribution is -0.385. The lowest BCUT2D eigenvalue weighted by Crippen LogP contribution is -2.51. The van der Waals surface area contributed by atoms with Crippen LogP contribution < -0.4 is 0 Å². The molecule has 0 unspecified atom stereocenters. The van der Waals surface area contributed by atoms with E-state index in [1.165, 1.54) is 16.3 Å². The summed E-state index contributed by atoms with van der Waals surface area (Å²) in [6.07, 6.45) is 1.03. The summed E-state index contributed by atoms with van der Waals surface area (Å²) in [5.74, 6) is -0.506. The Hall–Kier alpha value is -2.01. The van der Waals surface area contributed by atoms with Crippen molar-refractivity contribution in [1.29, 1.82) is 0 Å². The molecule has 11 heteroatoms. The molecule has 1 aliphatic heterocycles. The van der Waals surface area contributed by atoms with E-state index < -0.39 is 20.9 Å². The highest BCUT2D eigenvalue weighted by Crippen LogP contribution is 2.20. The molecule has 1 aromatic heterocycles. The van der Waals surface area contributed by atoms with Crippen molar-refractivity contribution < 1.29 is 18.1 Å². The van der Waals surface area contributed by atoms with E-state index in [9.17, 15) is 23.3 Å². The molecule has 2 heterocycles. The van der Waals surface area contributed by atoms with E-state index in [-0.39, 0.29) is 43.3 Å². The Morgan fingerprint density at radius 3 is 2.45 bits per heavy atom. The normalized spacial score (nSPS) is 16.7. The highest BCUT2D eigenvalue weighted by atomic mass is 32.2. The summed E-state index contributed by atoms with van der Waals surface area (Å²) in [6.45, 7) is 2.33. The van der Waals surface area contributed by atoms with Gasteiger partial charge in [-0.25, -0.2) is 8.42 Å². The Kier molecular flexibility index (Phi) is 4.47. The summed E-state index contributed by atoms with van der Waals surface area (Å²) in [4.78, 5) is 24.1. The number of hydrogen-bond acceptors (Lipinski definition) is 6. The number of aromatic nitrogens is 2. The van der Waals surface area contributed by atoms with Gasteiger partial charge >= 0.3 is 5.69 Å². The molecule has 0 bridgehead atoms. The zero-order valence-corrected chi connectivity index (χ0v) is 13.1. The summed E-state index contributed by atoms with van der Waals surface area (Å²) in [6, 6.07) is 0. The third-order valence-electron chi connectivity index (χ3n) is 3.60. The Morgan fingerprint density at radius 1 is 1.36 bits per heavy atom. The molecule has 1 saturated heterocycles. The minimum absolute atomic E-state index is 0.00808. The zero-order chi connectivity index (χ0) is 16.5. The quantitative estimate of drug-likeness (QED) is 0.539. The Labute approximate surface area is 127 Å². The number of piperazine rings is 1. The van der Waals surface area contributed by atoms with E-state index in [2.05, 4.69) is 5.10 Å². The maximum atomic E-state index is 12.4. The molecule has 0 saturated carbocycles. The summed E-state index contributed by atoms with van der Waals surface area (Å²) >= 11 is 0. The predicted molar refractivity (Wildman–Crippen MR) is 76.8 cm³/mol. The van der Waals surface area contributed by atoms with E-state index in [4.69, 9.17) is 0 Å². The van der Waals surface area contributed by atoms with Crippen molar-refractivity contribution in [2.75, 3.05) is 31.9 Å². The average molecular weight is 331 g/mol. The van der Waals surface area contributed by atoms with Crippen molar-refractivity contribution in [2.45, 2.75) is 6.92 Å². The molecule has 10 nitrogen and oxygen atoms in total. The first-order valence-electron chi connectivity index (χ1n) is 6.71. The largest absolute Gasteiger partial charge is 0.334 e. The maximum absolute atomic E-state index is 12.4. The minimum atomic E-state index is -3.28. The van der Waals surface area contributed by atoms with Gasteiger partial charge in [0, 0.05) is 33.2 Å². The molecule has 122 valence electrons. The first-order valence-corrected chi connectivity index (χ1v) is 8.32. The molecule has 1 fully saturated rings. The van der Waals surface area contributed by atoms with Gasteiger partial charge < -0.3 is 4.90 Å². The van der Waals surface area contributed by atoms with E-state index >= 15 is 0 Å². The second-order valence-corrected chi connectivity index (χ2v) is 7.11. The molecule has 0 aliphatic carbocycles. The fourth-order valence-corrected chi connectivity index (χ4v) is 3.39. The second kappa shape index (κ2) is 6.01. The van der Waals surface area contributed by atoms with Gasteiger partial charge in [0.25, 0.3) is 5.91 Å². The van der Waals surface area contributed by atoms with Crippen LogP contribution in [0.5, 0.6) is 0 Å². The predicted octanol–water partition coefficient (Wildman–Crippen LogP) is -0.564. The number of rotatable bonds is 4.